The lowest BCUT2D eigenvalue weighted by Gasteiger charge is -2.14. The number of carbonyl (C=O) groups excluding carboxylic acids is 1. The van der Waals surface area contributed by atoms with Gasteiger partial charge in [0.15, 0.2) is 23.9 Å². The number of anilines is 1. The fraction of sp³-hybridized carbons (Fsp3) is 0.154. The van der Waals surface area contributed by atoms with Crippen LogP contribution in [0.25, 0.3) is 22.3 Å². The molecule has 0 aliphatic heterocycles. The fourth-order valence-corrected chi connectivity index (χ4v) is 3.73. The van der Waals surface area contributed by atoms with Crippen molar-refractivity contribution in [1.29, 1.82) is 0 Å². The summed E-state index contributed by atoms with van der Waals surface area (Å²) in [4.78, 5) is 25.8. The highest BCUT2D eigenvalue weighted by molar-refractivity contribution is 6.31. The van der Waals surface area contributed by atoms with E-state index >= 15 is 0 Å². The average molecular weight is 534 g/mol. The highest BCUT2D eigenvalue weighted by Gasteiger charge is 2.30. The number of nitrogens with one attached hydrogen (secondary N) is 1. The minimum atomic E-state index is -4.57. The maximum absolute atomic E-state index is 13.3. The molecule has 0 atom stereocenters. The second kappa shape index (κ2) is 10.4. The highest BCUT2D eigenvalue weighted by Crippen LogP contribution is 2.37. The standard InChI is InChI=1S/C26H19ClF3NO6/c1-34-20-8-6-14(10-21(20)35-2)24-25(23(33)18-12-16(27)7-9-19(18)37-24)36-13-22(32)31-17-5-3-4-15(11-17)26(28,29)30/h3-12H,13H2,1-2H3,(H,31,32). The Kier molecular flexibility index (Phi) is 7.30. The van der Waals surface area contributed by atoms with Crippen LogP contribution in [0.2, 0.25) is 5.02 Å². The van der Waals surface area contributed by atoms with Crippen LogP contribution in [-0.2, 0) is 11.0 Å². The lowest BCUT2D eigenvalue weighted by Crippen LogP contribution is -2.23. The first-order chi connectivity index (χ1) is 17.6. The predicted octanol–water partition coefficient (Wildman–Crippen LogP) is 6.17. The number of ether oxygens (including phenoxy) is 3. The zero-order valence-corrected chi connectivity index (χ0v) is 20.2. The number of fused-ring (bicyclic) bond motifs is 1. The number of rotatable bonds is 7. The summed E-state index contributed by atoms with van der Waals surface area (Å²) in [5.74, 6) is -0.284. The number of amides is 1. The summed E-state index contributed by atoms with van der Waals surface area (Å²) in [7, 11) is 2.91. The lowest BCUT2D eigenvalue weighted by atomic mass is 10.1. The Balaban J connectivity index is 1.69. The van der Waals surface area contributed by atoms with Gasteiger partial charge in [-0.2, -0.15) is 13.2 Å². The molecule has 4 rings (SSSR count). The summed E-state index contributed by atoms with van der Waals surface area (Å²) < 4.78 is 61.0. The number of alkyl halides is 3. The molecule has 0 saturated carbocycles. The van der Waals surface area contributed by atoms with E-state index in [1.54, 1.807) is 24.3 Å². The van der Waals surface area contributed by atoms with Crippen LogP contribution in [0.15, 0.2) is 69.9 Å². The fourth-order valence-electron chi connectivity index (χ4n) is 3.56. The predicted molar refractivity (Wildman–Crippen MR) is 132 cm³/mol. The van der Waals surface area contributed by atoms with Gasteiger partial charge in [0, 0.05) is 16.3 Å². The van der Waals surface area contributed by atoms with Crippen molar-refractivity contribution in [1.82, 2.24) is 0 Å². The molecule has 0 aliphatic carbocycles. The van der Waals surface area contributed by atoms with E-state index in [4.69, 9.17) is 30.2 Å². The second-order valence-electron chi connectivity index (χ2n) is 7.72. The van der Waals surface area contributed by atoms with Crippen LogP contribution < -0.4 is 25.0 Å². The third kappa shape index (κ3) is 5.64. The van der Waals surface area contributed by atoms with Gasteiger partial charge in [0.1, 0.15) is 5.58 Å². The molecule has 0 spiro atoms. The smallest absolute Gasteiger partial charge is 0.416 e. The zero-order valence-electron chi connectivity index (χ0n) is 19.4. The van der Waals surface area contributed by atoms with Gasteiger partial charge in [-0.05, 0) is 54.6 Å². The number of hydrogen-bond donors (Lipinski definition) is 1. The maximum atomic E-state index is 13.3. The molecule has 0 bridgehead atoms. The van der Waals surface area contributed by atoms with Crippen molar-refractivity contribution in [2.24, 2.45) is 0 Å². The van der Waals surface area contributed by atoms with E-state index in [0.29, 0.717) is 17.1 Å². The second-order valence-corrected chi connectivity index (χ2v) is 8.15. The van der Waals surface area contributed by atoms with Gasteiger partial charge >= 0.3 is 6.18 Å². The number of methoxy groups -OCH3 is 2. The van der Waals surface area contributed by atoms with Crippen LogP contribution >= 0.6 is 11.6 Å². The summed E-state index contributed by atoms with van der Waals surface area (Å²) in [6.07, 6.45) is -4.57. The Hall–Kier alpha value is -4.18. The molecule has 37 heavy (non-hydrogen) atoms. The third-order valence-electron chi connectivity index (χ3n) is 5.28. The summed E-state index contributed by atoms with van der Waals surface area (Å²) in [6, 6.07) is 13.4. The van der Waals surface area contributed by atoms with Crippen LogP contribution in [-0.4, -0.2) is 26.7 Å². The number of carbonyl (C=O) groups is 1. The van der Waals surface area contributed by atoms with Crippen molar-refractivity contribution < 1.29 is 36.6 Å². The zero-order chi connectivity index (χ0) is 26.7. The molecule has 11 heteroatoms. The molecular weight excluding hydrogens is 515 g/mol. The molecule has 1 N–H and O–H groups in total. The molecule has 1 heterocycles. The average Bonchev–Trinajstić information content (AvgIpc) is 2.87. The van der Waals surface area contributed by atoms with Crippen LogP contribution in [0.5, 0.6) is 17.2 Å². The topological polar surface area (TPSA) is 87.0 Å². The molecule has 0 fully saturated rings. The van der Waals surface area contributed by atoms with Crippen LogP contribution in [0.3, 0.4) is 0 Å². The molecule has 0 radical (unpaired) electrons. The summed E-state index contributed by atoms with van der Waals surface area (Å²) >= 11 is 6.04. The van der Waals surface area contributed by atoms with Crippen LogP contribution in [0.1, 0.15) is 5.56 Å². The van der Waals surface area contributed by atoms with E-state index in [0.717, 1.165) is 18.2 Å². The van der Waals surface area contributed by atoms with Gasteiger partial charge in [-0.1, -0.05) is 17.7 Å². The van der Waals surface area contributed by atoms with Crippen molar-refractivity contribution in [2.75, 3.05) is 26.1 Å². The molecule has 4 aromatic rings. The van der Waals surface area contributed by atoms with Crippen molar-refractivity contribution in [3.63, 3.8) is 0 Å². The van der Waals surface area contributed by atoms with Gasteiger partial charge in [0.2, 0.25) is 11.2 Å². The SMILES string of the molecule is COc1ccc(-c2oc3ccc(Cl)cc3c(=O)c2OCC(=O)Nc2cccc(C(F)(F)F)c2)cc1OC. The molecule has 1 amide bonds. The number of hydrogen-bond acceptors (Lipinski definition) is 6. The minimum absolute atomic E-state index is 0.00708. The number of benzene rings is 3. The molecule has 3 aromatic carbocycles. The summed E-state index contributed by atoms with van der Waals surface area (Å²) in [6.45, 7) is -0.687. The van der Waals surface area contributed by atoms with Crippen molar-refractivity contribution >= 4 is 34.2 Å². The van der Waals surface area contributed by atoms with E-state index in [2.05, 4.69) is 5.32 Å². The van der Waals surface area contributed by atoms with Gasteiger partial charge in [0.25, 0.3) is 5.91 Å². The summed E-state index contributed by atoms with van der Waals surface area (Å²) in [5, 5.41) is 2.73. The van der Waals surface area contributed by atoms with E-state index in [-0.39, 0.29) is 33.2 Å². The normalized spacial score (nSPS) is 11.3. The van der Waals surface area contributed by atoms with Crippen LogP contribution in [0, 0.1) is 0 Å². The Morgan fingerprint density at radius 3 is 2.46 bits per heavy atom. The Labute approximate surface area is 213 Å². The van der Waals surface area contributed by atoms with Crippen LogP contribution in [0.4, 0.5) is 18.9 Å². The monoisotopic (exact) mass is 533 g/mol. The van der Waals surface area contributed by atoms with E-state index in [1.165, 1.54) is 32.4 Å². The Morgan fingerprint density at radius 2 is 1.76 bits per heavy atom. The molecule has 0 unspecified atom stereocenters. The third-order valence-corrected chi connectivity index (χ3v) is 5.51. The minimum Gasteiger partial charge on any atom is -0.493 e. The summed E-state index contributed by atoms with van der Waals surface area (Å²) in [5.41, 5.74) is -0.991. The Bertz CT molecular complexity index is 1530. The first-order valence-electron chi connectivity index (χ1n) is 10.7. The van der Waals surface area contributed by atoms with Gasteiger partial charge in [0.05, 0.1) is 25.2 Å². The van der Waals surface area contributed by atoms with Gasteiger partial charge in [-0.15, -0.1) is 0 Å². The van der Waals surface area contributed by atoms with Gasteiger partial charge < -0.3 is 23.9 Å². The first kappa shape index (κ1) is 25.9. The van der Waals surface area contributed by atoms with Crippen molar-refractivity contribution in [3.05, 3.63) is 81.5 Å². The molecule has 0 saturated heterocycles. The quantitative estimate of drug-likeness (QED) is 0.306. The highest BCUT2D eigenvalue weighted by atomic mass is 35.5. The van der Waals surface area contributed by atoms with E-state index in [1.807, 2.05) is 0 Å². The van der Waals surface area contributed by atoms with E-state index in [9.17, 15) is 22.8 Å². The molecule has 7 nitrogen and oxygen atoms in total. The van der Waals surface area contributed by atoms with Gasteiger partial charge in [-0.3, -0.25) is 9.59 Å². The van der Waals surface area contributed by atoms with Crippen molar-refractivity contribution in [2.45, 2.75) is 6.18 Å². The molecule has 0 aliphatic rings. The first-order valence-corrected chi connectivity index (χ1v) is 11.1. The molecule has 192 valence electrons. The largest absolute Gasteiger partial charge is 0.493 e. The molecule has 1 aromatic heterocycles. The van der Waals surface area contributed by atoms with E-state index < -0.39 is 29.7 Å². The lowest BCUT2D eigenvalue weighted by molar-refractivity contribution is -0.137. The Morgan fingerprint density at radius 1 is 1.00 bits per heavy atom. The molecular formula is C26H19ClF3NO6. The van der Waals surface area contributed by atoms with Gasteiger partial charge in [-0.25, -0.2) is 0 Å². The maximum Gasteiger partial charge on any atom is 0.416 e. The van der Waals surface area contributed by atoms with Crippen molar-refractivity contribution in [3.8, 4) is 28.6 Å². The number of halogens is 4.